The van der Waals surface area contributed by atoms with Crippen LogP contribution in [0.1, 0.15) is 57.8 Å². The van der Waals surface area contributed by atoms with E-state index in [1.165, 1.54) is 38.5 Å². The Morgan fingerprint density at radius 1 is 1.10 bits per heavy atom. The van der Waals surface area contributed by atoms with E-state index in [4.69, 9.17) is 10.2 Å². The van der Waals surface area contributed by atoms with E-state index in [-0.39, 0.29) is 0 Å². The lowest BCUT2D eigenvalue weighted by atomic mass is 10.1. The lowest BCUT2D eigenvalue weighted by Crippen LogP contribution is -1.86. The third-order valence-electron chi connectivity index (χ3n) is 3.52. The maximum Gasteiger partial charge on any atom is 0.195 e. The fraction of sp³-hybridized carbons (Fsp3) is 0.562. The van der Waals surface area contributed by atoms with Gasteiger partial charge in [-0.1, -0.05) is 61.4 Å². The normalized spacial score (nSPS) is 11.3. The Morgan fingerprint density at radius 3 is 2.55 bits per heavy atom. The number of unbranched alkanes of at least 4 members (excludes halogenated alkanes) is 6. The summed E-state index contributed by atoms with van der Waals surface area (Å²) >= 11 is 3.42. The molecule has 1 aromatic heterocycles. The van der Waals surface area contributed by atoms with E-state index in [1.54, 1.807) is 0 Å². The van der Waals surface area contributed by atoms with Crippen molar-refractivity contribution < 1.29 is 4.42 Å². The van der Waals surface area contributed by atoms with Crippen LogP contribution in [0.25, 0.3) is 11.1 Å². The zero-order chi connectivity index (χ0) is 14.4. The first-order valence-corrected chi connectivity index (χ1v) is 8.34. The number of oxazole rings is 1. The molecule has 110 valence electrons. The Kier molecular flexibility index (Phi) is 5.89. The molecule has 1 heterocycles. The van der Waals surface area contributed by atoms with Crippen LogP contribution in [0.2, 0.25) is 0 Å². The molecule has 4 heteroatoms. The van der Waals surface area contributed by atoms with E-state index >= 15 is 0 Å². The van der Waals surface area contributed by atoms with Crippen LogP contribution in [0.5, 0.6) is 0 Å². The van der Waals surface area contributed by atoms with E-state index in [1.807, 2.05) is 12.1 Å². The fourth-order valence-corrected chi connectivity index (χ4v) is 2.87. The summed E-state index contributed by atoms with van der Waals surface area (Å²) < 4.78 is 6.68. The van der Waals surface area contributed by atoms with Gasteiger partial charge in [0.15, 0.2) is 11.5 Å². The van der Waals surface area contributed by atoms with Gasteiger partial charge in [-0.05, 0) is 18.6 Å². The van der Waals surface area contributed by atoms with E-state index in [0.29, 0.717) is 11.3 Å². The van der Waals surface area contributed by atoms with Gasteiger partial charge in [0.05, 0.1) is 5.69 Å². The predicted molar refractivity (Wildman–Crippen MR) is 87.8 cm³/mol. The molecule has 2 rings (SSSR count). The van der Waals surface area contributed by atoms with Gasteiger partial charge >= 0.3 is 0 Å². The third-order valence-corrected chi connectivity index (χ3v) is 3.98. The van der Waals surface area contributed by atoms with Crippen LogP contribution in [-0.2, 0) is 6.42 Å². The molecule has 0 spiro atoms. The molecule has 0 bridgehead atoms. The van der Waals surface area contributed by atoms with Crippen molar-refractivity contribution in [2.24, 2.45) is 0 Å². The highest BCUT2D eigenvalue weighted by atomic mass is 79.9. The summed E-state index contributed by atoms with van der Waals surface area (Å²) in [6.07, 6.45) is 9.99. The highest BCUT2D eigenvalue weighted by Gasteiger charge is 2.09. The van der Waals surface area contributed by atoms with Crippen LogP contribution in [-0.4, -0.2) is 4.98 Å². The number of hydrogen-bond donors (Lipinski definition) is 1. The van der Waals surface area contributed by atoms with Crippen molar-refractivity contribution in [2.45, 2.75) is 58.3 Å². The highest BCUT2D eigenvalue weighted by molar-refractivity contribution is 9.10. The highest BCUT2D eigenvalue weighted by Crippen LogP contribution is 2.27. The minimum absolute atomic E-state index is 0.646. The second-order valence-electron chi connectivity index (χ2n) is 5.32. The van der Waals surface area contributed by atoms with Crippen LogP contribution >= 0.6 is 15.9 Å². The predicted octanol–water partition coefficient (Wildman–Crippen LogP) is 5.47. The number of nitrogens with two attached hydrogens (primary N) is 1. The molecule has 0 atom stereocenters. The molecule has 1 aromatic carbocycles. The van der Waals surface area contributed by atoms with Gasteiger partial charge in [0, 0.05) is 10.9 Å². The average Bonchev–Trinajstić information content (AvgIpc) is 2.81. The molecule has 0 saturated heterocycles. The maximum absolute atomic E-state index is 5.93. The number of nitrogens with zero attached hydrogens (tertiary/aromatic N) is 1. The van der Waals surface area contributed by atoms with Gasteiger partial charge in [0.1, 0.15) is 5.52 Å². The Hall–Kier alpha value is -1.03. The topological polar surface area (TPSA) is 52.0 Å². The number of benzene rings is 1. The minimum Gasteiger partial charge on any atom is -0.439 e. The van der Waals surface area contributed by atoms with Crippen molar-refractivity contribution in [3.8, 4) is 0 Å². The zero-order valence-corrected chi connectivity index (χ0v) is 13.7. The van der Waals surface area contributed by atoms with Crippen molar-refractivity contribution in [1.82, 2.24) is 4.98 Å². The van der Waals surface area contributed by atoms with Crippen molar-refractivity contribution in [3.63, 3.8) is 0 Å². The molecule has 0 aliphatic heterocycles. The fourth-order valence-electron chi connectivity index (χ4n) is 2.41. The average molecular weight is 339 g/mol. The van der Waals surface area contributed by atoms with Crippen LogP contribution in [0, 0.1) is 0 Å². The van der Waals surface area contributed by atoms with Crippen molar-refractivity contribution in [2.75, 3.05) is 5.73 Å². The monoisotopic (exact) mass is 338 g/mol. The number of aryl methyl sites for hydroxylation is 1. The summed E-state index contributed by atoms with van der Waals surface area (Å²) in [7, 11) is 0. The molecule has 0 radical (unpaired) electrons. The Bertz CT molecular complexity index is 551. The summed E-state index contributed by atoms with van der Waals surface area (Å²) in [4.78, 5) is 4.50. The summed E-state index contributed by atoms with van der Waals surface area (Å²) in [6, 6.07) is 3.80. The second kappa shape index (κ2) is 7.67. The number of rotatable bonds is 8. The van der Waals surface area contributed by atoms with Gasteiger partial charge < -0.3 is 10.2 Å². The molecular formula is C16H23BrN2O. The van der Waals surface area contributed by atoms with Crippen LogP contribution in [0.15, 0.2) is 21.0 Å². The van der Waals surface area contributed by atoms with Crippen molar-refractivity contribution in [3.05, 3.63) is 22.5 Å². The molecule has 0 aliphatic rings. The molecule has 0 saturated carbocycles. The summed E-state index contributed by atoms with van der Waals surface area (Å²) in [5, 5.41) is 0. The molecule has 20 heavy (non-hydrogen) atoms. The molecule has 0 unspecified atom stereocenters. The van der Waals surface area contributed by atoms with Gasteiger partial charge in [-0.15, -0.1) is 0 Å². The van der Waals surface area contributed by atoms with Gasteiger partial charge in [0.2, 0.25) is 0 Å². The first-order chi connectivity index (χ1) is 9.70. The van der Waals surface area contributed by atoms with Gasteiger partial charge in [0.25, 0.3) is 0 Å². The minimum atomic E-state index is 0.646. The van der Waals surface area contributed by atoms with E-state index in [0.717, 1.165) is 28.7 Å². The molecule has 2 N–H and O–H groups in total. The summed E-state index contributed by atoms with van der Waals surface area (Å²) in [5.74, 6) is 0.804. The van der Waals surface area contributed by atoms with Crippen LogP contribution < -0.4 is 5.73 Å². The van der Waals surface area contributed by atoms with Gasteiger partial charge in [-0.25, -0.2) is 4.98 Å². The molecule has 0 amide bonds. The first kappa shape index (κ1) is 15.4. The van der Waals surface area contributed by atoms with Gasteiger partial charge in [-0.3, -0.25) is 0 Å². The molecule has 0 fully saturated rings. The lowest BCUT2D eigenvalue weighted by molar-refractivity contribution is 0.504. The van der Waals surface area contributed by atoms with E-state index in [2.05, 4.69) is 27.8 Å². The number of aromatic nitrogens is 1. The van der Waals surface area contributed by atoms with Crippen LogP contribution in [0.3, 0.4) is 0 Å². The number of fused-ring (bicyclic) bond motifs is 1. The van der Waals surface area contributed by atoms with E-state index < -0.39 is 0 Å². The molecule has 2 aromatic rings. The molecular weight excluding hydrogens is 316 g/mol. The SMILES string of the molecule is CCCCCCCCCc1nc2cc(Br)cc(N)c2o1. The Labute approximate surface area is 129 Å². The number of anilines is 1. The maximum atomic E-state index is 5.93. The quantitative estimate of drug-likeness (QED) is 0.513. The van der Waals surface area contributed by atoms with Crippen molar-refractivity contribution >= 4 is 32.7 Å². The largest absolute Gasteiger partial charge is 0.439 e. The first-order valence-electron chi connectivity index (χ1n) is 7.55. The smallest absolute Gasteiger partial charge is 0.195 e. The Balaban J connectivity index is 1.80. The number of hydrogen-bond acceptors (Lipinski definition) is 3. The third kappa shape index (κ3) is 4.23. The Morgan fingerprint density at radius 2 is 1.80 bits per heavy atom. The molecule has 3 nitrogen and oxygen atoms in total. The van der Waals surface area contributed by atoms with Crippen molar-refractivity contribution in [1.29, 1.82) is 0 Å². The molecule has 0 aliphatic carbocycles. The number of nitrogen functional groups attached to an aromatic ring is 1. The summed E-state index contributed by atoms with van der Waals surface area (Å²) in [5.41, 5.74) is 8.13. The number of halogens is 1. The van der Waals surface area contributed by atoms with Crippen LogP contribution in [0.4, 0.5) is 5.69 Å². The second-order valence-corrected chi connectivity index (χ2v) is 6.24. The summed E-state index contributed by atoms with van der Waals surface area (Å²) in [6.45, 7) is 2.25. The zero-order valence-electron chi connectivity index (χ0n) is 12.1. The standard InChI is InChI=1S/C16H23BrN2O/c1-2-3-4-5-6-7-8-9-15-19-14-11-12(17)10-13(18)16(14)20-15/h10-11H,2-9,18H2,1H3. The lowest BCUT2D eigenvalue weighted by Gasteiger charge is -1.99. The van der Waals surface area contributed by atoms with Gasteiger partial charge in [-0.2, -0.15) is 0 Å². The van der Waals surface area contributed by atoms with E-state index in [9.17, 15) is 0 Å².